The second-order valence-electron chi connectivity index (χ2n) is 8.43. The molecule has 2 unspecified atom stereocenters. The van der Waals surface area contributed by atoms with Crippen LogP contribution < -0.4 is 10.1 Å². The maximum absolute atomic E-state index is 13.7. The van der Waals surface area contributed by atoms with Crippen molar-refractivity contribution < 1.29 is 24.2 Å². The summed E-state index contributed by atoms with van der Waals surface area (Å²) in [6, 6.07) is 19.9. The summed E-state index contributed by atoms with van der Waals surface area (Å²) in [7, 11) is 0. The van der Waals surface area contributed by atoms with Crippen LogP contribution in [0.3, 0.4) is 0 Å². The van der Waals surface area contributed by atoms with Gasteiger partial charge in [-0.3, -0.25) is 14.4 Å². The van der Waals surface area contributed by atoms with Crippen LogP contribution in [-0.2, 0) is 16.1 Å². The first-order valence-corrected chi connectivity index (χ1v) is 10.4. The number of aliphatic hydroxyl groups is 1. The summed E-state index contributed by atoms with van der Waals surface area (Å²) in [4.78, 5) is 39.6. The summed E-state index contributed by atoms with van der Waals surface area (Å²) in [6.07, 6.45) is 0. The standard InChI is InChI=1S/C26H21NO5/c1-15(2)17-12-13-20-21(14-17)32-26(31)19-11-7-6-10-18(19)23(29)25(20,26)27-24(30)22(28)16-8-4-3-5-9-16/h3-15,31H,1-2H3,(H,27,30). The Labute approximate surface area is 184 Å². The summed E-state index contributed by atoms with van der Waals surface area (Å²) < 4.78 is 6.00. The van der Waals surface area contributed by atoms with Gasteiger partial charge in [0.1, 0.15) is 5.75 Å². The lowest BCUT2D eigenvalue weighted by Gasteiger charge is -2.34. The highest BCUT2D eigenvalue weighted by molar-refractivity contribution is 6.43. The number of nitrogens with one attached hydrogen (secondary N) is 1. The van der Waals surface area contributed by atoms with Crippen LogP contribution in [0.1, 0.15) is 57.2 Å². The molecule has 1 heterocycles. The van der Waals surface area contributed by atoms with E-state index in [1.807, 2.05) is 19.9 Å². The second kappa shape index (κ2) is 6.87. The number of ketones is 2. The molecule has 3 aromatic carbocycles. The lowest BCUT2D eigenvalue weighted by Crippen LogP contribution is -2.61. The van der Waals surface area contributed by atoms with Crippen LogP contribution >= 0.6 is 0 Å². The number of Topliss-reactive ketones (excluding diaryl/α,β-unsaturated/α-hetero) is 2. The third-order valence-electron chi connectivity index (χ3n) is 6.26. The van der Waals surface area contributed by atoms with Gasteiger partial charge >= 0.3 is 0 Å². The zero-order chi connectivity index (χ0) is 22.7. The van der Waals surface area contributed by atoms with Crippen LogP contribution in [0.25, 0.3) is 0 Å². The van der Waals surface area contributed by atoms with Gasteiger partial charge in [0.15, 0.2) is 0 Å². The number of ether oxygens (including phenoxy) is 1. The van der Waals surface area contributed by atoms with Crippen LogP contribution in [0.4, 0.5) is 0 Å². The molecule has 0 saturated heterocycles. The first-order chi connectivity index (χ1) is 15.3. The summed E-state index contributed by atoms with van der Waals surface area (Å²) in [5.74, 6) is -4.02. The van der Waals surface area contributed by atoms with Gasteiger partial charge in [0.2, 0.25) is 17.1 Å². The molecule has 0 bridgehead atoms. The average molecular weight is 427 g/mol. The van der Waals surface area contributed by atoms with Gasteiger partial charge in [-0.1, -0.05) is 80.6 Å². The summed E-state index contributed by atoms with van der Waals surface area (Å²) >= 11 is 0. The van der Waals surface area contributed by atoms with E-state index in [2.05, 4.69) is 5.32 Å². The SMILES string of the molecule is CC(C)c1ccc2c(c1)OC1(O)c3ccccc3C(=O)C21NC(=O)C(=O)c1ccccc1. The maximum atomic E-state index is 13.7. The maximum Gasteiger partial charge on any atom is 0.293 e. The van der Waals surface area contributed by atoms with E-state index in [-0.39, 0.29) is 22.6 Å². The van der Waals surface area contributed by atoms with Gasteiger partial charge in [0.25, 0.3) is 11.7 Å². The van der Waals surface area contributed by atoms with E-state index in [4.69, 9.17) is 4.74 Å². The Balaban J connectivity index is 1.67. The number of benzene rings is 3. The fourth-order valence-corrected chi connectivity index (χ4v) is 4.58. The Hall–Kier alpha value is -3.77. The first-order valence-electron chi connectivity index (χ1n) is 10.4. The van der Waals surface area contributed by atoms with Crippen molar-refractivity contribution in [3.63, 3.8) is 0 Å². The molecule has 0 fully saturated rings. The van der Waals surface area contributed by atoms with Crippen LogP contribution in [0, 0.1) is 0 Å². The van der Waals surface area contributed by atoms with Crippen molar-refractivity contribution >= 4 is 17.5 Å². The molecule has 5 rings (SSSR count). The molecule has 6 nitrogen and oxygen atoms in total. The van der Waals surface area contributed by atoms with E-state index in [1.54, 1.807) is 54.6 Å². The summed E-state index contributed by atoms with van der Waals surface area (Å²) in [5.41, 5.74) is -0.0269. The van der Waals surface area contributed by atoms with Gasteiger partial charge in [-0.25, -0.2) is 0 Å². The van der Waals surface area contributed by atoms with Gasteiger partial charge in [-0.15, -0.1) is 0 Å². The van der Waals surface area contributed by atoms with Gasteiger partial charge in [0, 0.05) is 22.3 Å². The number of hydrogen-bond acceptors (Lipinski definition) is 5. The molecule has 0 radical (unpaired) electrons. The number of rotatable bonds is 4. The number of carbonyl (C=O) groups is 3. The minimum Gasteiger partial charge on any atom is -0.454 e. The zero-order valence-electron chi connectivity index (χ0n) is 17.6. The smallest absolute Gasteiger partial charge is 0.293 e. The molecule has 0 saturated carbocycles. The number of carbonyl (C=O) groups excluding carboxylic acids is 3. The lowest BCUT2D eigenvalue weighted by atomic mass is 9.82. The largest absolute Gasteiger partial charge is 0.454 e. The van der Waals surface area contributed by atoms with E-state index in [9.17, 15) is 19.5 Å². The van der Waals surface area contributed by atoms with Crippen molar-refractivity contribution in [1.29, 1.82) is 0 Å². The van der Waals surface area contributed by atoms with E-state index < -0.39 is 28.8 Å². The Morgan fingerprint density at radius 3 is 2.34 bits per heavy atom. The molecule has 1 aliphatic carbocycles. The van der Waals surface area contributed by atoms with Crippen LogP contribution in [0.5, 0.6) is 5.75 Å². The Bertz CT molecular complexity index is 1280. The lowest BCUT2D eigenvalue weighted by molar-refractivity contribution is -0.174. The molecule has 160 valence electrons. The van der Waals surface area contributed by atoms with Gasteiger partial charge in [-0.2, -0.15) is 0 Å². The van der Waals surface area contributed by atoms with Gasteiger partial charge < -0.3 is 15.2 Å². The molecule has 0 spiro atoms. The van der Waals surface area contributed by atoms with Crippen molar-refractivity contribution in [3.05, 3.63) is 101 Å². The third kappa shape index (κ3) is 2.53. The number of fused-ring (bicyclic) bond motifs is 5. The molecule has 32 heavy (non-hydrogen) atoms. The molecule has 2 atom stereocenters. The van der Waals surface area contributed by atoms with Crippen LogP contribution in [-0.4, -0.2) is 22.6 Å². The predicted molar refractivity (Wildman–Crippen MR) is 116 cm³/mol. The van der Waals surface area contributed by atoms with Crippen LogP contribution in [0.15, 0.2) is 72.8 Å². The minimum absolute atomic E-state index is 0.183. The Morgan fingerprint density at radius 2 is 1.62 bits per heavy atom. The monoisotopic (exact) mass is 427 g/mol. The Kier molecular flexibility index (Phi) is 4.32. The molecule has 1 aliphatic heterocycles. The molecule has 3 aromatic rings. The topological polar surface area (TPSA) is 92.7 Å². The highest BCUT2D eigenvalue weighted by Crippen LogP contribution is 2.58. The quantitative estimate of drug-likeness (QED) is 0.492. The molecular weight excluding hydrogens is 406 g/mol. The molecule has 2 aliphatic rings. The average Bonchev–Trinajstić information content (AvgIpc) is 3.16. The molecule has 2 N–H and O–H groups in total. The number of hydrogen-bond donors (Lipinski definition) is 2. The summed E-state index contributed by atoms with van der Waals surface area (Å²) in [6.45, 7) is 4.03. The highest BCUT2D eigenvalue weighted by Gasteiger charge is 2.71. The molecule has 1 amide bonds. The first kappa shape index (κ1) is 20.2. The van der Waals surface area contributed by atoms with Gasteiger partial charge in [-0.05, 0) is 17.5 Å². The normalized spacial score (nSPS) is 22.7. The van der Waals surface area contributed by atoms with E-state index in [0.717, 1.165) is 5.56 Å². The molecule has 6 heteroatoms. The van der Waals surface area contributed by atoms with E-state index >= 15 is 0 Å². The van der Waals surface area contributed by atoms with Crippen molar-refractivity contribution in [1.82, 2.24) is 5.32 Å². The van der Waals surface area contributed by atoms with Crippen molar-refractivity contribution in [3.8, 4) is 5.75 Å². The zero-order valence-corrected chi connectivity index (χ0v) is 17.6. The van der Waals surface area contributed by atoms with Crippen molar-refractivity contribution in [2.75, 3.05) is 0 Å². The molecular formula is C26H21NO5. The summed E-state index contributed by atoms with van der Waals surface area (Å²) in [5, 5.41) is 14.4. The predicted octanol–water partition coefficient (Wildman–Crippen LogP) is 3.44. The minimum atomic E-state index is -2.18. The second-order valence-corrected chi connectivity index (χ2v) is 8.43. The van der Waals surface area contributed by atoms with Crippen LogP contribution in [0.2, 0.25) is 0 Å². The van der Waals surface area contributed by atoms with Gasteiger partial charge in [0.05, 0.1) is 0 Å². The van der Waals surface area contributed by atoms with E-state index in [1.165, 1.54) is 12.1 Å². The van der Waals surface area contributed by atoms with E-state index in [0.29, 0.717) is 11.3 Å². The third-order valence-corrected chi connectivity index (χ3v) is 6.26. The fraction of sp³-hybridized carbons (Fsp3) is 0.192. The fourth-order valence-electron chi connectivity index (χ4n) is 4.58. The highest BCUT2D eigenvalue weighted by atomic mass is 16.6. The van der Waals surface area contributed by atoms with Crippen molar-refractivity contribution in [2.45, 2.75) is 31.1 Å². The van der Waals surface area contributed by atoms with Crippen molar-refractivity contribution in [2.24, 2.45) is 0 Å². The number of amides is 1. The molecule has 0 aromatic heterocycles. The Morgan fingerprint density at radius 1 is 0.938 bits per heavy atom.